The Bertz CT molecular complexity index is 588. The summed E-state index contributed by atoms with van der Waals surface area (Å²) in [6, 6.07) is 7.51. The Morgan fingerprint density at radius 2 is 1.81 bits per heavy atom. The van der Waals surface area contributed by atoms with Crippen molar-refractivity contribution < 1.29 is 9.47 Å². The summed E-state index contributed by atoms with van der Waals surface area (Å²) in [7, 11) is 1.83. The second-order valence-corrected chi connectivity index (χ2v) is 5.30. The third kappa shape index (κ3) is 3.48. The molecular formula is C16H23N3O2. The predicted octanol–water partition coefficient (Wildman–Crippen LogP) is 3.71. The highest BCUT2D eigenvalue weighted by Gasteiger charge is 2.17. The van der Waals surface area contributed by atoms with Gasteiger partial charge in [0.15, 0.2) is 0 Å². The van der Waals surface area contributed by atoms with Gasteiger partial charge in [0.25, 0.3) is 0 Å². The van der Waals surface area contributed by atoms with Crippen LogP contribution in [-0.2, 0) is 7.05 Å². The van der Waals surface area contributed by atoms with Gasteiger partial charge in [-0.05, 0) is 36.6 Å². The summed E-state index contributed by atoms with van der Waals surface area (Å²) in [6.07, 6.45) is 0.988. The zero-order valence-electron chi connectivity index (χ0n) is 13.1. The number of anilines is 1. The second-order valence-electron chi connectivity index (χ2n) is 5.30. The van der Waals surface area contributed by atoms with E-state index in [0.717, 1.165) is 17.9 Å². The summed E-state index contributed by atoms with van der Waals surface area (Å²) in [5, 5.41) is 4.41. The zero-order valence-corrected chi connectivity index (χ0v) is 13.1. The Labute approximate surface area is 125 Å². The lowest BCUT2D eigenvalue weighted by atomic mass is 10.1. The van der Waals surface area contributed by atoms with E-state index in [4.69, 9.17) is 15.2 Å². The van der Waals surface area contributed by atoms with Gasteiger partial charge in [0, 0.05) is 7.05 Å². The number of hydrogen-bond donors (Lipinski definition) is 1. The molecule has 2 N–H and O–H groups in total. The van der Waals surface area contributed by atoms with Crippen molar-refractivity contribution >= 4 is 5.69 Å². The molecule has 0 spiro atoms. The quantitative estimate of drug-likeness (QED) is 0.880. The molecule has 0 aliphatic heterocycles. The maximum Gasteiger partial charge on any atom is 0.241 e. The largest absolute Gasteiger partial charge is 0.494 e. The lowest BCUT2D eigenvalue weighted by Gasteiger charge is -2.08. The Balaban J connectivity index is 2.15. The highest BCUT2D eigenvalue weighted by Crippen LogP contribution is 2.33. The monoisotopic (exact) mass is 289 g/mol. The highest BCUT2D eigenvalue weighted by molar-refractivity contribution is 5.55. The fourth-order valence-electron chi connectivity index (χ4n) is 2.03. The molecule has 114 valence electrons. The van der Waals surface area contributed by atoms with E-state index in [0.29, 0.717) is 23.9 Å². The van der Waals surface area contributed by atoms with Crippen LogP contribution in [0.15, 0.2) is 24.3 Å². The van der Waals surface area contributed by atoms with Crippen molar-refractivity contribution in [1.82, 2.24) is 9.78 Å². The van der Waals surface area contributed by atoms with Crippen LogP contribution < -0.4 is 15.2 Å². The number of hydrogen-bond acceptors (Lipinski definition) is 4. The van der Waals surface area contributed by atoms with Crippen LogP contribution >= 0.6 is 0 Å². The van der Waals surface area contributed by atoms with Gasteiger partial charge in [-0.15, -0.1) is 0 Å². The lowest BCUT2D eigenvalue weighted by molar-refractivity contribution is 0.317. The fourth-order valence-corrected chi connectivity index (χ4v) is 2.03. The van der Waals surface area contributed by atoms with Gasteiger partial charge in [-0.25, -0.2) is 4.68 Å². The van der Waals surface area contributed by atoms with Crippen LogP contribution in [0.2, 0.25) is 0 Å². The molecule has 1 heterocycles. The van der Waals surface area contributed by atoms with E-state index in [-0.39, 0.29) is 5.92 Å². The van der Waals surface area contributed by atoms with Gasteiger partial charge in [-0.2, -0.15) is 5.10 Å². The van der Waals surface area contributed by atoms with Gasteiger partial charge in [-0.3, -0.25) is 0 Å². The number of nitrogens with zero attached hydrogens (tertiary/aromatic N) is 2. The van der Waals surface area contributed by atoms with Crippen LogP contribution in [0.4, 0.5) is 5.69 Å². The van der Waals surface area contributed by atoms with Crippen molar-refractivity contribution in [2.75, 3.05) is 12.3 Å². The van der Waals surface area contributed by atoms with Crippen molar-refractivity contribution in [2.45, 2.75) is 33.1 Å². The van der Waals surface area contributed by atoms with E-state index in [1.807, 2.05) is 31.3 Å². The number of aromatic nitrogens is 2. The van der Waals surface area contributed by atoms with E-state index in [9.17, 15) is 0 Å². The minimum Gasteiger partial charge on any atom is -0.494 e. The Kier molecular flexibility index (Phi) is 4.73. The van der Waals surface area contributed by atoms with Gasteiger partial charge in [-0.1, -0.05) is 20.8 Å². The molecule has 0 amide bonds. The van der Waals surface area contributed by atoms with Crippen LogP contribution in [0.3, 0.4) is 0 Å². The first-order valence-electron chi connectivity index (χ1n) is 7.26. The molecule has 0 atom stereocenters. The fraction of sp³-hybridized carbons (Fsp3) is 0.438. The summed E-state index contributed by atoms with van der Waals surface area (Å²) in [4.78, 5) is 0. The second kappa shape index (κ2) is 6.52. The summed E-state index contributed by atoms with van der Waals surface area (Å²) < 4.78 is 13.1. The molecule has 0 saturated heterocycles. The third-order valence-electron chi connectivity index (χ3n) is 3.12. The summed E-state index contributed by atoms with van der Waals surface area (Å²) in [5.74, 6) is 2.38. The summed E-state index contributed by atoms with van der Waals surface area (Å²) in [5.41, 5.74) is 7.57. The molecule has 21 heavy (non-hydrogen) atoms. The van der Waals surface area contributed by atoms with Gasteiger partial charge in [0.1, 0.15) is 17.2 Å². The normalized spacial score (nSPS) is 10.9. The van der Waals surface area contributed by atoms with Gasteiger partial charge >= 0.3 is 0 Å². The van der Waals surface area contributed by atoms with Crippen molar-refractivity contribution in [3.05, 3.63) is 30.0 Å². The topological polar surface area (TPSA) is 62.3 Å². The molecule has 1 aromatic heterocycles. The van der Waals surface area contributed by atoms with E-state index in [1.54, 1.807) is 4.68 Å². The smallest absolute Gasteiger partial charge is 0.241 e. The van der Waals surface area contributed by atoms with Crippen LogP contribution in [0.5, 0.6) is 17.4 Å². The average Bonchev–Trinajstić information content (AvgIpc) is 2.75. The van der Waals surface area contributed by atoms with Crippen molar-refractivity contribution in [3.8, 4) is 17.4 Å². The maximum atomic E-state index is 6.12. The molecule has 0 aliphatic carbocycles. The molecule has 0 fully saturated rings. The first kappa shape index (κ1) is 15.2. The molecule has 2 rings (SSSR count). The van der Waals surface area contributed by atoms with E-state index in [1.165, 1.54) is 0 Å². The number of nitrogen functional groups attached to an aromatic ring is 1. The van der Waals surface area contributed by atoms with Gasteiger partial charge in [0.2, 0.25) is 5.88 Å². The molecule has 2 aromatic rings. The SMILES string of the molecule is CCCOc1ccc(Oc2c(N)c(C(C)C)nn2C)cc1. The van der Waals surface area contributed by atoms with E-state index < -0.39 is 0 Å². The maximum absolute atomic E-state index is 6.12. The molecule has 0 saturated carbocycles. The van der Waals surface area contributed by atoms with E-state index >= 15 is 0 Å². The number of rotatable bonds is 6. The van der Waals surface area contributed by atoms with Gasteiger partial charge in [0.05, 0.1) is 12.3 Å². The predicted molar refractivity (Wildman–Crippen MR) is 84.0 cm³/mol. The van der Waals surface area contributed by atoms with E-state index in [2.05, 4.69) is 25.9 Å². The molecule has 0 aliphatic rings. The summed E-state index contributed by atoms with van der Waals surface area (Å²) in [6.45, 7) is 6.91. The molecule has 0 radical (unpaired) electrons. The molecule has 5 nitrogen and oxygen atoms in total. The van der Waals surface area contributed by atoms with Gasteiger partial charge < -0.3 is 15.2 Å². The first-order chi connectivity index (χ1) is 10.0. The number of ether oxygens (including phenoxy) is 2. The molecule has 1 aromatic carbocycles. The zero-order chi connectivity index (χ0) is 15.4. The standard InChI is InChI=1S/C16H23N3O2/c1-5-10-20-12-6-8-13(9-7-12)21-16-14(17)15(11(2)3)18-19(16)4/h6-9,11H,5,10,17H2,1-4H3. The van der Waals surface area contributed by atoms with Crippen molar-refractivity contribution in [1.29, 1.82) is 0 Å². The Morgan fingerprint density at radius 1 is 1.19 bits per heavy atom. The van der Waals surface area contributed by atoms with Crippen molar-refractivity contribution in [2.24, 2.45) is 7.05 Å². The minimum absolute atomic E-state index is 0.262. The Morgan fingerprint density at radius 3 is 2.33 bits per heavy atom. The molecule has 5 heteroatoms. The average molecular weight is 289 g/mol. The third-order valence-corrected chi connectivity index (χ3v) is 3.12. The molecule has 0 unspecified atom stereocenters. The van der Waals surface area contributed by atoms with Crippen LogP contribution in [-0.4, -0.2) is 16.4 Å². The number of benzene rings is 1. The van der Waals surface area contributed by atoms with Crippen LogP contribution in [0.1, 0.15) is 38.8 Å². The molecule has 0 bridgehead atoms. The number of nitrogens with two attached hydrogens (primary N) is 1. The van der Waals surface area contributed by atoms with Crippen molar-refractivity contribution in [3.63, 3.8) is 0 Å². The first-order valence-corrected chi connectivity index (χ1v) is 7.26. The Hall–Kier alpha value is -2.17. The summed E-state index contributed by atoms with van der Waals surface area (Å²) >= 11 is 0. The molecular weight excluding hydrogens is 266 g/mol. The highest BCUT2D eigenvalue weighted by atomic mass is 16.5. The van der Waals surface area contributed by atoms with Crippen LogP contribution in [0.25, 0.3) is 0 Å². The minimum atomic E-state index is 0.262. The number of aryl methyl sites for hydroxylation is 1. The lowest BCUT2D eigenvalue weighted by Crippen LogP contribution is -1.97. The van der Waals surface area contributed by atoms with Crippen LogP contribution in [0, 0.1) is 0 Å².